The van der Waals surface area contributed by atoms with Crippen molar-refractivity contribution >= 4 is 18.0 Å². The number of carbonyl (C=O) groups is 3. The topological polar surface area (TPSA) is 87.7 Å². The van der Waals surface area contributed by atoms with Crippen LogP contribution in [-0.4, -0.2) is 41.6 Å². The molecule has 104 valence electrons. The maximum Gasteiger partial charge on any atom is 0.410 e. The number of nitrogens with one attached hydrogen (secondary N) is 2. The molecule has 0 saturated carbocycles. The van der Waals surface area contributed by atoms with Crippen LogP contribution >= 0.6 is 0 Å². The number of carbonyl (C=O) groups excluding carboxylic acids is 3. The SMILES string of the molecule is O=C1NC(=O)C2(CN(C(=O)OCc3ccccc3)C2)N1. The Labute approximate surface area is 114 Å². The van der Waals surface area contributed by atoms with Gasteiger partial charge in [0.05, 0.1) is 13.1 Å². The molecule has 0 bridgehead atoms. The minimum Gasteiger partial charge on any atom is -0.445 e. The van der Waals surface area contributed by atoms with Crippen LogP contribution in [0.25, 0.3) is 0 Å². The largest absolute Gasteiger partial charge is 0.445 e. The lowest BCUT2D eigenvalue weighted by Gasteiger charge is -2.44. The molecular formula is C13H13N3O4. The van der Waals surface area contributed by atoms with Crippen LogP contribution in [0.2, 0.25) is 0 Å². The summed E-state index contributed by atoms with van der Waals surface area (Å²) in [6.07, 6.45) is -0.492. The smallest absolute Gasteiger partial charge is 0.410 e. The number of benzene rings is 1. The Hall–Kier alpha value is -2.57. The van der Waals surface area contributed by atoms with Crippen molar-refractivity contribution in [1.82, 2.24) is 15.5 Å². The molecule has 0 aliphatic carbocycles. The first-order valence-electron chi connectivity index (χ1n) is 6.18. The van der Waals surface area contributed by atoms with Crippen molar-refractivity contribution in [2.75, 3.05) is 13.1 Å². The highest BCUT2D eigenvalue weighted by molar-refractivity contribution is 6.08. The van der Waals surface area contributed by atoms with Crippen molar-refractivity contribution in [2.45, 2.75) is 12.1 Å². The van der Waals surface area contributed by atoms with Gasteiger partial charge in [-0.25, -0.2) is 9.59 Å². The maximum atomic E-state index is 11.8. The van der Waals surface area contributed by atoms with Gasteiger partial charge in [-0.1, -0.05) is 30.3 Å². The molecule has 7 heteroatoms. The van der Waals surface area contributed by atoms with Crippen molar-refractivity contribution < 1.29 is 19.1 Å². The number of nitrogens with zero attached hydrogens (tertiary/aromatic N) is 1. The quantitative estimate of drug-likeness (QED) is 0.756. The van der Waals surface area contributed by atoms with E-state index in [-0.39, 0.29) is 19.7 Å². The monoisotopic (exact) mass is 275 g/mol. The third kappa shape index (κ3) is 2.07. The van der Waals surface area contributed by atoms with Gasteiger partial charge in [0, 0.05) is 0 Å². The van der Waals surface area contributed by atoms with E-state index in [4.69, 9.17) is 4.74 Å². The highest BCUT2D eigenvalue weighted by Crippen LogP contribution is 2.25. The number of imide groups is 1. The van der Waals surface area contributed by atoms with E-state index in [0.29, 0.717) is 0 Å². The first-order valence-corrected chi connectivity index (χ1v) is 6.18. The van der Waals surface area contributed by atoms with Crippen LogP contribution in [0.4, 0.5) is 9.59 Å². The van der Waals surface area contributed by atoms with Gasteiger partial charge in [0.15, 0.2) is 5.54 Å². The van der Waals surface area contributed by atoms with E-state index < -0.39 is 23.6 Å². The van der Waals surface area contributed by atoms with Crippen LogP contribution in [0, 0.1) is 0 Å². The zero-order chi connectivity index (χ0) is 14.2. The predicted molar refractivity (Wildman–Crippen MR) is 67.6 cm³/mol. The molecule has 1 aromatic rings. The highest BCUT2D eigenvalue weighted by atomic mass is 16.6. The van der Waals surface area contributed by atoms with Crippen molar-refractivity contribution in [1.29, 1.82) is 0 Å². The van der Waals surface area contributed by atoms with Crippen LogP contribution in [0.5, 0.6) is 0 Å². The average molecular weight is 275 g/mol. The number of urea groups is 1. The fourth-order valence-electron chi connectivity index (χ4n) is 2.30. The molecule has 2 fully saturated rings. The molecule has 2 aliphatic heterocycles. The zero-order valence-corrected chi connectivity index (χ0v) is 10.6. The molecule has 3 rings (SSSR count). The average Bonchev–Trinajstić information content (AvgIpc) is 2.70. The summed E-state index contributed by atoms with van der Waals surface area (Å²) in [7, 11) is 0. The number of hydrogen-bond donors (Lipinski definition) is 2. The second kappa shape index (κ2) is 4.52. The molecule has 4 amide bonds. The van der Waals surface area contributed by atoms with E-state index in [1.54, 1.807) is 0 Å². The van der Waals surface area contributed by atoms with Crippen molar-refractivity contribution in [3.8, 4) is 0 Å². The summed E-state index contributed by atoms with van der Waals surface area (Å²) < 4.78 is 5.14. The number of ether oxygens (including phenoxy) is 1. The van der Waals surface area contributed by atoms with E-state index in [1.165, 1.54) is 4.90 Å². The lowest BCUT2D eigenvalue weighted by molar-refractivity contribution is -0.129. The lowest BCUT2D eigenvalue weighted by Crippen LogP contribution is -2.71. The van der Waals surface area contributed by atoms with Gasteiger partial charge in [-0.3, -0.25) is 10.1 Å². The Morgan fingerprint density at radius 2 is 1.95 bits per heavy atom. The Bertz CT molecular complexity index is 566. The third-order valence-corrected chi connectivity index (χ3v) is 3.40. The minimum absolute atomic E-state index is 0.137. The Balaban J connectivity index is 1.51. The number of amides is 4. The molecule has 2 aliphatic rings. The molecule has 7 nitrogen and oxygen atoms in total. The summed E-state index contributed by atoms with van der Waals surface area (Å²) >= 11 is 0. The van der Waals surface area contributed by atoms with Crippen molar-refractivity contribution in [3.63, 3.8) is 0 Å². The Kier molecular flexibility index (Phi) is 2.81. The van der Waals surface area contributed by atoms with Crippen LogP contribution in [-0.2, 0) is 16.1 Å². The molecule has 0 aromatic heterocycles. The van der Waals surface area contributed by atoms with E-state index in [2.05, 4.69) is 10.6 Å². The van der Waals surface area contributed by atoms with Gasteiger partial charge in [-0.15, -0.1) is 0 Å². The summed E-state index contributed by atoms with van der Waals surface area (Å²) in [5, 5.41) is 4.69. The molecule has 1 aromatic carbocycles. The normalized spacial score (nSPS) is 19.3. The van der Waals surface area contributed by atoms with Gasteiger partial charge in [0.25, 0.3) is 5.91 Å². The Morgan fingerprint density at radius 3 is 2.55 bits per heavy atom. The van der Waals surface area contributed by atoms with Crippen molar-refractivity contribution in [2.24, 2.45) is 0 Å². The van der Waals surface area contributed by atoms with Crippen LogP contribution in [0.3, 0.4) is 0 Å². The second-order valence-corrected chi connectivity index (χ2v) is 4.89. The van der Waals surface area contributed by atoms with E-state index in [0.717, 1.165) is 5.56 Å². The fraction of sp³-hybridized carbons (Fsp3) is 0.308. The van der Waals surface area contributed by atoms with Gasteiger partial charge >= 0.3 is 12.1 Å². The molecule has 0 atom stereocenters. The van der Waals surface area contributed by atoms with E-state index in [9.17, 15) is 14.4 Å². The van der Waals surface area contributed by atoms with E-state index >= 15 is 0 Å². The van der Waals surface area contributed by atoms with Gasteiger partial charge in [-0.05, 0) is 5.56 Å². The molecule has 1 spiro atoms. The van der Waals surface area contributed by atoms with Crippen LogP contribution < -0.4 is 10.6 Å². The molecule has 2 N–H and O–H groups in total. The number of rotatable bonds is 2. The molecule has 20 heavy (non-hydrogen) atoms. The standard InChI is InChI=1S/C13H13N3O4/c17-10-13(15-11(18)14-10)7-16(8-13)12(19)20-6-9-4-2-1-3-5-9/h1-5H,6-8H2,(H2,14,15,17,18). The molecular weight excluding hydrogens is 262 g/mol. The fourth-order valence-corrected chi connectivity index (χ4v) is 2.30. The summed E-state index contributed by atoms with van der Waals surface area (Å²) in [5.41, 5.74) is -0.0777. The third-order valence-electron chi connectivity index (χ3n) is 3.40. The number of hydrogen-bond acceptors (Lipinski definition) is 4. The minimum atomic E-state index is -0.969. The summed E-state index contributed by atoms with van der Waals surface area (Å²) in [6, 6.07) is 8.80. The Morgan fingerprint density at radius 1 is 1.25 bits per heavy atom. The molecule has 2 heterocycles. The second-order valence-electron chi connectivity index (χ2n) is 4.89. The van der Waals surface area contributed by atoms with E-state index in [1.807, 2.05) is 30.3 Å². The van der Waals surface area contributed by atoms with Crippen molar-refractivity contribution in [3.05, 3.63) is 35.9 Å². The van der Waals surface area contributed by atoms with Crippen LogP contribution in [0.1, 0.15) is 5.56 Å². The maximum absolute atomic E-state index is 11.8. The summed E-state index contributed by atoms with van der Waals surface area (Å²) in [4.78, 5) is 35.8. The molecule has 2 saturated heterocycles. The van der Waals surface area contributed by atoms with Gasteiger partial charge in [-0.2, -0.15) is 0 Å². The number of likely N-dealkylation sites (tertiary alicyclic amines) is 1. The first-order chi connectivity index (χ1) is 9.59. The van der Waals surface area contributed by atoms with Gasteiger partial charge in [0.2, 0.25) is 0 Å². The molecule has 0 radical (unpaired) electrons. The molecule has 0 unspecified atom stereocenters. The highest BCUT2D eigenvalue weighted by Gasteiger charge is 2.56. The zero-order valence-electron chi connectivity index (χ0n) is 10.6. The summed E-state index contributed by atoms with van der Waals surface area (Å²) in [6.45, 7) is 0.456. The van der Waals surface area contributed by atoms with Gasteiger partial charge in [0.1, 0.15) is 6.61 Å². The van der Waals surface area contributed by atoms with Crippen LogP contribution in [0.15, 0.2) is 30.3 Å². The van der Waals surface area contributed by atoms with Gasteiger partial charge < -0.3 is 15.0 Å². The predicted octanol–water partition coefficient (Wildman–Crippen LogP) is 0.217. The first kappa shape index (κ1) is 12.5. The summed E-state index contributed by atoms with van der Waals surface area (Å²) in [5.74, 6) is -0.394. The lowest BCUT2D eigenvalue weighted by atomic mass is 9.91.